The van der Waals surface area contributed by atoms with Gasteiger partial charge >= 0.3 is 0 Å². The molecule has 0 aliphatic carbocycles. The highest BCUT2D eigenvalue weighted by molar-refractivity contribution is 5.12. The molecule has 0 heterocycles. The first-order valence-corrected chi connectivity index (χ1v) is 6.76. The van der Waals surface area contributed by atoms with E-state index < -0.39 is 0 Å². The summed E-state index contributed by atoms with van der Waals surface area (Å²) in [5.74, 6) is 0.750. The SMILES string of the molecule is CCN(CCN(C)C(C)COC)/C(N)=C/C=C(/C)N. The first-order chi connectivity index (χ1) is 8.92. The molecule has 19 heavy (non-hydrogen) atoms. The van der Waals surface area contributed by atoms with Crippen LogP contribution in [0.15, 0.2) is 23.7 Å². The van der Waals surface area contributed by atoms with E-state index in [4.69, 9.17) is 16.2 Å². The van der Waals surface area contributed by atoms with Gasteiger partial charge in [0.25, 0.3) is 0 Å². The Morgan fingerprint density at radius 2 is 1.89 bits per heavy atom. The Hall–Kier alpha value is -1.20. The molecule has 4 N–H and O–H groups in total. The maximum absolute atomic E-state index is 6.04. The molecule has 0 bridgehead atoms. The number of allylic oxidation sites excluding steroid dienone is 3. The maximum Gasteiger partial charge on any atom is 0.0987 e. The van der Waals surface area contributed by atoms with Gasteiger partial charge in [-0.1, -0.05) is 0 Å². The van der Waals surface area contributed by atoms with Crippen LogP contribution < -0.4 is 11.5 Å². The predicted octanol–water partition coefficient (Wildman–Crippen LogP) is 0.938. The van der Waals surface area contributed by atoms with E-state index in [1.54, 1.807) is 7.11 Å². The third-order valence-corrected chi connectivity index (χ3v) is 3.15. The summed E-state index contributed by atoms with van der Waals surface area (Å²) in [5, 5.41) is 0. The van der Waals surface area contributed by atoms with Crippen LogP contribution in [0.4, 0.5) is 0 Å². The van der Waals surface area contributed by atoms with Crippen molar-refractivity contribution in [3.05, 3.63) is 23.7 Å². The molecule has 0 saturated heterocycles. The number of hydrogen-bond acceptors (Lipinski definition) is 5. The molecule has 0 rings (SSSR count). The fourth-order valence-electron chi connectivity index (χ4n) is 1.66. The summed E-state index contributed by atoms with van der Waals surface area (Å²) in [6.45, 7) is 9.55. The predicted molar refractivity (Wildman–Crippen MR) is 81.4 cm³/mol. The van der Waals surface area contributed by atoms with Crippen LogP contribution in [0.25, 0.3) is 0 Å². The third kappa shape index (κ3) is 7.74. The zero-order valence-electron chi connectivity index (χ0n) is 13.0. The Balaban J connectivity index is 4.34. The molecule has 0 amide bonds. The highest BCUT2D eigenvalue weighted by Gasteiger charge is 2.10. The Kier molecular flexibility index (Phi) is 9.08. The second kappa shape index (κ2) is 9.69. The Bertz CT molecular complexity index is 298. The lowest BCUT2D eigenvalue weighted by Gasteiger charge is -2.29. The highest BCUT2D eigenvalue weighted by Crippen LogP contribution is 2.01. The van der Waals surface area contributed by atoms with Crippen molar-refractivity contribution in [2.45, 2.75) is 26.8 Å². The van der Waals surface area contributed by atoms with Gasteiger partial charge in [0, 0.05) is 38.5 Å². The van der Waals surface area contributed by atoms with E-state index in [0.717, 1.165) is 37.8 Å². The second-order valence-electron chi connectivity index (χ2n) is 4.87. The molecule has 0 aliphatic rings. The van der Waals surface area contributed by atoms with E-state index in [1.807, 2.05) is 19.1 Å². The average Bonchev–Trinajstić information content (AvgIpc) is 2.36. The molecule has 0 spiro atoms. The van der Waals surface area contributed by atoms with Gasteiger partial charge in [-0.3, -0.25) is 4.90 Å². The summed E-state index contributed by atoms with van der Waals surface area (Å²) < 4.78 is 5.16. The first kappa shape index (κ1) is 17.8. The summed E-state index contributed by atoms with van der Waals surface area (Å²) in [6, 6.07) is 0.403. The number of ether oxygens (including phenoxy) is 1. The molecule has 0 aromatic rings. The van der Waals surface area contributed by atoms with Crippen molar-refractivity contribution < 1.29 is 4.74 Å². The van der Waals surface area contributed by atoms with Crippen molar-refractivity contribution in [3.8, 4) is 0 Å². The second-order valence-corrected chi connectivity index (χ2v) is 4.87. The molecule has 1 atom stereocenters. The first-order valence-electron chi connectivity index (χ1n) is 6.76. The van der Waals surface area contributed by atoms with Crippen LogP contribution >= 0.6 is 0 Å². The van der Waals surface area contributed by atoms with Crippen molar-refractivity contribution in [2.24, 2.45) is 11.5 Å². The number of likely N-dealkylation sites (N-methyl/N-ethyl adjacent to an activating group) is 2. The van der Waals surface area contributed by atoms with Gasteiger partial charge in [-0.15, -0.1) is 0 Å². The van der Waals surface area contributed by atoms with Crippen LogP contribution in [-0.4, -0.2) is 56.2 Å². The zero-order valence-corrected chi connectivity index (χ0v) is 13.0. The van der Waals surface area contributed by atoms with E-state index >= 15 is 0 Å². The van der Waals surface area contributed by atoms with Crippen molar-refractivity contribution in [1.29, 1.82) is 0 Å². The molecule has 0 saturated carbocycles. The summed E-state index contributed by atoms with van der Waals surface area (Å²) in [6.07, 6.45) is 3.69. The lowest BCUT2D eigenvalue weighted by atomic mass is 10.3. The summed E-state index contributed by atoms with van der Waals surface area (Å²) in [5.41, 5.74) is 12.4. The van der Waals surface area contributed by atoms with E-state index in [2.05, 4.69) is 30.7 Å². The molecule has 5 heteroatoms. The maximum atomic E-state index is 6.04. The lowest BCUT2D eigenvalue weighted by Crippen LogP contribution is -2.40. The molecule has 0 aromatic heterocycles. The number of nitrogens with two attached hydrogens (primary N) is 2. The smallest absolute Gasteiger partial charge is 0.0987 e. The molecule has 0 aromatic carbocycles. The monoisotopic (exact) mass is 270 g/mol. The van der Waals surface area contributed by atoms with Crippen LogP contribution in [0.3, 0.4) is 0 Å². The number of rotatable bonds is 9. The quantitative estimate of drug-likeness (QED) is 0.610. The molecule has 0 aliphatic heterocycles. The molecule has 1 unspecified atom stereocenters. The minimum absolute atomic E-state index is 0.403. The summed E-state index contributed by atoms with van der Waals surface area (Å²) in [7, 11) is 3.83. The van der Waals surface area contributed by atoms with Crippen molar-refractivity contribution >= 4 is 0 Å². The summed E-state index contributed by atoms with van der Waals surface area (Å²) >= 11 is 0. The van der Waals surface area contributed by atoms with E-state index in [1.165, 1.54) is 0 Å². The Morgan fingerprint density at radius 3 is 2.37 bits per heavy atom. The number of nitrogens with zero attached hydrogens (tertiary/aromatic N) is 2. The van der Waals surface area contributed by atoms with Gasteiger partial charge in [-0.2, -0.15) is 0 Å². The van der Waals surface area contributed by atoms with Crippen LogP contribution in [0.1, 0.15) is 20.8 Å². The topological polar surface area (TPSA) is 67.8 Å². The van der Waals surface area contributed by atoms with Crippen molar-refractivity contribution in [2.75, 3.05) is 40.4 Å². The van der Waals surface area contributed by atoms with Gasteiger partial charge in [-0.05, 0) is 40.0 Å². The van der Waals surface area contributed by atoms with E-state index in [0.29, 0.717) is 6.04 Å². The van der Waals surface area contributed by atoms with Crippen LogP contribution in [0.2, 0.25) is 0 Å². The highest BCUT2D eigenvalue weighted by atomic mass is 16.5. The zero-order chi connectivity index (χ0) is 14.8. The molecule has 112 valence electrons. The van der Waals surface area contributed by atoms with Gasteiger partial charge in [0.2, 0.25) is 0 Å². The Morgan fingerprint density at radius 1 is 1.26 bits per heavy atom. The summed E-state index contributed by atoms with van der Waals surface area (Å²) in [4.78, 5) is 4.40. The molecule has 0 radical (unpaired) electrons. The van der Waals surface area contributed by atoms with E-state index in [9.17, 15) is 0 Å². The Labute approximate surface area is 117 Å². The van der Waals surface area contributed by atoms with Crippen LogP contribution in [-0.2, 0) is 4.74 Å². The lowest BCUT2D eigenvalue weighted by molar-refractivity contribution is 0.110. The third-order valence-electron chi connectivity index (χ3n) is 3.15. The molecule has 5 nitrogen and oxygen atoms in total. The molecular weight excluding hydrogens is 240 g/mol. The fraction of sp³-hybridized carbons (Fsp3) is 0.714. The van der Waals surface area contributed by atoms with Gasteiger partial charge in [0.1, 0.15) is 0 Å². The minimum Gasteiger partial charge on any atom is -0.402 e. The number of methoxy groups -OCH3 is 1. The van der Waals surface area contributed by atoms with Crippen molar-refractivity contribution in [3.63, 3.8) is 0 Å². The van der Waals surface area contributed by atoms with E-state index in [-0.39, 0.29) is 0 Å². The van der Waals surface area contributed by atoms with Crippen molar-refractivity contribution in [1.82, 2.24) is 9.80 Å². The average molecular weight is 270 g/mol. The van der Waals surface area contributed by atoms with Gasteiger partial charge in [-0.25, -0.2) is 0 Å². The largest absolute Gasteiger partial charge is 0.402 e. The minimum atomic E-state index is 0.403. The van der Waals surface area contributed by atoms with Crippen LogP contribution in [0.5, 0.6) is 0 Å². The fourth-order valence-corrected chi connectivity index (χ4v) is 1.66. The normalized spacial score (nSPS) is 14.8. The van der Waals surface area contributed by atoms with Gasteiger partial charge in [0.05, 0.1) is 12.4 Å². The molecular formula is C14H30N4O. The van der Waals surface area contributed by atoms with Gasteiger partial charge in [0.15, 0.2) is 0 Å². The van der Waals surface area contributed by atoms with Gasteiger partial charge < -0.3 is 21.1 Å². The molecule has 0 fully saturated rings. The number of hydrogen-bond donors (Lipinski definition) is 2. The van der Waals surface area contributed by atoms with Crippen LogP contribution in [0, 0.1) is 0 Å². The standard InChI is InChI=1S/C14H30N4O/c1-6-18(14(16)8-7-12(2)15)10-9-17(4)13(3)11-19-5/h7-8,13H,6,9-11,15-16H2,1-5H3/b12-7-,14-8+.